The van der Waals surface area contributed by atoms with Gasteiger partial charge in [0.1, 0.15) is 0 Å². The van der Waals surface area contributed by atoms with E-state index < -0.39 is 0 Å². The van der Waals surface area contributed by atoms with Gasteiger partial charge in [-0.15, -0.1) is 0 Å². The summed E-state index contributed by atoms with van der Waals surface area (Å²) < 4.78 is 0. The zero-order chi connectivity index (χ0) is 12.8. The Hall–Kier alpha value is -1.46. The molecule has 18 heavy (non-hydrogen) atoms. The van der Waals surface area contributed by atoms with Crippen molar-refractivity contribution in [2.45, 2.75) is 6.92 Å². The van der Waals surface area contributed by atoms with Crippen molar-refractivity contribution in [2.75, 3.05) is 38.0 Å². The Kier molecular flexibility index (Phi) is 4.66. The molecular formula is C13H20N4O. The second-order valence-corrected chi connectivity index (χ2v) is 4.68. The van der Waals surface area contributed by atoms with Gasteiger partial charge in [0.05, 0.1) is 11.9 Å². The Balaban J connectivity index is 1.81. The van der Waals surface area contributed by atoms with Crippen LogP contribution in [0.25, 0.3) is 0 Å². The maximum Gasteiger partial charge on any atom is 0.228 e. The van der Waals surface area contributed by atoms with Gasteiger partial charge in [0.2, 0.25) is 5.91 Å². The molecule has 0 aromatic carbocycles. The van der Waals surface area contributed by atoms with Crippen LogP contribution in [0.1, 0.15) is 6.92 Å². The van der Waals surface area contributed by atoms with E-state index >= 15 is 0 Å². The molecule has 2 heterocycles. The molecule has 1 aliphatic rings. The highest BCUT2D eigenvalue weighted by atomic mass is 16.1. The maximum absolute atomic E-state index is 12.0. The number of nitrogens with one attached hydrogen (secondary N) is 2. The molecule has 5 heteroatoms. The fraction of sp³-hybridized carbons (Fsp3) is 0.538. The van der Waals surface area contributed by atoms with Crippen LogP contribution in [0.5, 0.6) is 0 Å². The van der Waals surface area contributed by atoms with Crippen LogP contribution in [-0.4, -0.2) is 48.5 Å². The van der Waals surface area contributed by atoms with Crippen molar-refractivity contribution >= 4 is 11.6 Å². The van der Waals surface area contributed by atoms with Gasteiger partial charge in [0.25, 0.3) is 0 Å². The molecule has 98 valence electrons. The third-order valence-corrected chi connectivity index (χ3v) is 3.12. The van der Waals surface area contributed by atoms with E-state index in [2.05, 4.69) is 20.5 Å². The van der Waals surface area contributed by atoms with Crippen LogP contribution < -0.4 is 10.6 Å². The van der Waals surface area contributed by atoms with Gasteiger partial charge in [-0.05, 0) is 12.1 Å². The molecule has 2 N–H and O–H groups in total. The summed E-state index contributed by atoms with van der Waals surface area (Å²) in [6.45, 7) is 6.84. The molecule has 0 spiro atoms. The monoisotopic (exact) mass is 248 g/mol. The van der Waals surface area contributed by atoms with E-state index in [1.165, 1.54) is 0 Å². The molecule has 0 bridgehead atoms. The number of carbonyl (C=O) groups is 1. The first-order valence-corrected chi connectivity index (χ1v) is 6.39. The van der Waals surface area contributed by atoms with Gasteiger partial charge in [0.15, 0.2) is 0 Å². The number of pyridine rings is 1. The van der Waals surface area contributed by atoms with Crippen molar-refractivity contribution in [1.82, 2.24) is 15.2 Å². The first kappa shape index (κ1) is 13.0. The van der Waals surface area contributed by atoms with Gasteiger partial charge in [-0.3, -0.25) is 9.78 Å². The predicted molar refractivity (Wildman–Crippen MR) is 71.3 cm³/mol. The molecule has 1 aliphatic heterocycles. The number of anilines is 1. The zero-order valence-corrected chi connectivity index (χ0v) is 10.7. The number of amides is 1. The SMILES string of the molecule is CC(CN1CCNCC1)C(=O)Nc1cccnc1. The van der Waals surface area contributed by atoms with E-state index in [9.17, 15) is 4.79 Å². The van der Waals surface area contributed by atoms with Gasteiger partial charge in [-0.1, -0.05) is 6.92 Å². The van der Waals surface area contributed by atoms with Crippen LogP contribution in [0.15, 0.2) is 24.5 Å². The highest BCUT2D eigenvalue weighted by molar-refractivity contribution is 5.92. The van der Waals surface area contributed by atoms with Crippen LogP contribution in [0.3, 0.4) is 0 Å². The Labute approximate surface area is 108 Å². The Bertz CT molecular complexity index is 376. The first-order valence-electron chi connectivity index (χ1n) is 6.39. The predicted octanol–water partition coefficient (Wildman–Crippen LogP) is 0.561. The minimum Gasteiger partial charge on any atom is -0.324 e. The minimum absolute atomic E-state index is 0.0108. The molecule has 0 radical (unpaired) electrons. The first-order chi connectivity index (χ1) is 8.75. The van der Waals surface area contributed by atoms with E-state index in [1.807, 2.05) is 19.1 Å². The average Bonchev–Trinajstić information content (AvgIpc) is 2.41. The second kappa shape index (κ2) is 6.47. The van der Waals surface area contributed by atoms with Gasteiger partial charge in [-0.25, -0.2) is 0 Å². The summed E-state index contributed by atoms with van der Waals surface area (Å²) in [6, 6.07) is 3.67. The fourth-order valence-electron chi connectivity index (χ4n) is 2.07. The maximum atomic E-state index is 12.0. The van der Waals surface area contributed by atoms with Crippen molar-refractivity contribution in [3.63, 3.8) is 0 Å². The van der Waals surface area contributed by atoms with Gasteiger partial charge in [-0.2, -0.15) is 0 Å². The quantitative estimate of drug-likeness (QED) is 0.817. The van der Waals surface area contributed by atoms with Gasteiger partial charge < -0.3 is 15.5 Å². The Morgan fingerprint density at radius 1 is 1.56 bits per heavy atom. The summed E-state index contributed by atoms with van der Waals surface area (Å²) in [7, 11) is 0. The van der Waals surface area contributed by atoms with Crippen LogP contribution in [-0.2, 0) is 4.79 Å². The molecule has 0 saturated carbocycles. The van der Waals surface area contributed by atoms with E-state index in [0.29, 0.717) is 0 Å². The number of hydrogen-bond donors (Lipinski definition) is 2. The van der Waals surface area contributed by atoms with Gasteiger partial charge in [0, 0.05) is 44.8 Å². The van der Waals surface area contributed by atoms with Crippen molar-refractivity contribution in [3.8, 4) is 0 Å². The molecule has 1 aromatic heterocycles. The Morgan fingerprint density at radius 3 is 3.00 bits per heavy atom. The van der Waals surface area contributed by atoms with Crippen LogP contribution >= 0.6 is 0 Å². The molecule has 1 amide bonds. The number of hydrogen-bond acceptors (Lipinski definition) is 4. The van der Waals surface area contributed by atoms with E-state index in [4.69, 9.17) is 0 Å². The average molecular weight is 248 g/mol. The topological polar surface area (TPSA) is 57.3 Å². The third-order valence-electron chi connectivity index (χ3n) is 3.12. The standard InChI is InChI=1S/C13H20N4O/c1-11(10-17-7-5-14-6-8-17)13(18)16-12-3-2-4-15-9-12/h2-4,9,11,14H,5-8,10H2,1H3,(H,16,18). The molecular weight excluding hydrogens is 228 g/mol. The highest BCUT2D eigenvalue weighted by Crippen LogP contribution is 2.08. The zero-order valence-electron chi connectivity index (χ0n) is 10.7. The van der Waals surface area contributed by atoms with Crippen LogP contribution in [0, 0.1) is 5.92 Å². The second-order valence-electron chi connectivity index (χ2n) is 4.68. The molecule has 5 nitrogen and oxygen atoms in total. The largest absolute Gasteiger partial charge is 0.324 e. The number of piperazine rings is 1. The lowest BCUT2D eigenvalue weighted by atomic mass is 10.1. The number of aromatic nitrogens is 1. The summed E-state index contributed by atoms with van der Waals surface area (Å²) >= 11 is 0. The number of carbonyl (C=O) groups excluding carboxylic acids is 1. The summed E-state index contributed by atoms with van der Waals surface area (Å²) in [4.78, 5) is 18.3. The molecule has 1 aromatic rings. The molecule has 1 atom stereocenters. The van der Waals surface area contributed by atoms with Gasteiger partial charge >= 0.3 is 0 Å². The van der Waals surface area contributed by atoms with E-state index in [0.717, 1.165) is 38.4 Å². The highest BCUT2D eigenvalue weighted by Gasteiger charge is 2.18. The van der Waals surface area contributed by atoms with Crippen LogP contribution in [0.2, 0.25) is 0 Å². The molecule has 2 rings (SSSR count). The summed E-state index contributed by atoms with van der Waals surface area (Å²) in [5.74, 6) is 0.0461. The fourth-order valence-corrected chi connectivity index (χ4v) is 2.07. The third kappa shape index (κ3) is 3.78. The Morgan fingerprint density at radius 2 is 2.33 bits per heavy atom. The summed E-state index contributed by atoms with van der Waals surface area (Å²) in [5, 5.41) is 6.19. The van der Waals surface area contributed by atoms with Crippen LogP contribution in [0.4, 0.5) is 5.69 Å². The molecule has 1 saturated heterocycles. The molecule has 1 fully saturated rings. The number of rotatable bonds is 4. The summed E-state index contributed by atoms with van der Waals surface area (Å²) in [6.07, 6.45) is 3.36. The number of nitrogens with zero attached hydrogens (tertiary/aromatic N) is 2. The minimum atomic E-state index is -0.0108. The normalized spacial score (nSPS) is 18.3. The lowest BCUT2D eigenvalue weighted by molar-refractivity contribution is -0.120. The van der Waals surface area contributed by atoms with Crippen molar-refractivity contribution in [3.05, 3.63) is 24.5 Å². The summed E-state index contributed by atoms with van der Waals surface area (Å²) in [5.41, 5.74) is 0.759. The van der Waals surface area contributed by atoms with Crippen molar-refractivity contribution in [2.24, 2.45) is 5.92 Å². The van der Waals surface area contributed by atoms with E-state index in [1.54, 1.807) is 12.4 Å². The lowest BCUT2D eigenvalue weighted by Crippen LogP contribution is -2.46. The molecule has 0 aliphatic carbocycles. The molecule has 1 unspecified atom stereocenters. The smallest absolute Gasteiger partial charge is 0.228 e. The van der Waals surface area contributed by atoms with Crippen molar-refractivity contribution in [1.29, 1.82) is 0 Å². The lowest BCUT2D eigenvalue weighted by Gasteiger charge is -2.29. The van der Waals surface area contributed by atoms with E-state index in [-0.39, 0.29) is 11.8 Å². The van der Waals surface area contributed by atoms with Crippen molar-refractivity contribution < 1.29 is 4.79 Å².